The molecule has 1 aromatic heterocycles. The number of ether oxygens (including phenoxy) is 1. The van der Waals surface area contributed by atoms with Gasteiger partial charge in [0, 0.05) is 17.3 Å². The first-order valence-corrected chi connectivity index (χ1v) is 11.0. The number of aryl methyl sites for hydroxylation is 3. The van der Waals surface area contributed by atoms with Crippen LogP contribution in [-0.2, 0) is 10.0 Å². The first kappa shape index (κ1) is 20.8. The standard InChI is InChI=1S/C22H25N3O3S/c1-5-12-28-21-11-10-20(23-24-21)18-6-8-19(9-7-18)25-29(26,27)22-16(3)13-15(2)14-17(22)4/h6-11,13-14,25H,5,12H2,1-4H3. The Labute approximate surface area is 172 Å². The molecule has 0 saturated carbocycles. The summed E-state index contributed by atoms with van der Waals surface area (Å²) in [5, 5.41) is 8.23. The predicted octanol–water partition coefficient (Wildman–Crippen LogP) is 4.66. The molecule has 1 heterocycles. The van der Waals surface area contributed by atoms with E-state index >= 15 is 0 Å². The fourth-order valence-electron chi connectivity index (χ4n) is 3.26. The van der Waals surface area contributed by atoms with Crippen LogP contribution in [0.2, 0.25) is 0 Å². The Morgan fingerprint density at radius 1 is 0.931 bits per heavy atom. The minimum Gasteiger partial charge on any atom is -0.477 e. The first-order chi connectivity index (χ1) is 13.8. The van der Waals surface area contributed by atoms with E-state index in [9.17, 15) is 8.42 Å². The molecule has 0 aliphatic carbocycles. The Balaban J connectivity index is 1.78. The van der Waals surface area contributed by atoms with Gasteiger partial charge in [-0.2, -0.15) is 0 Å². The van der Waals surface area contributed by atoms with Crippen molar-refractivity contribution < 1.29 is 13.2 Å². The number of hydrogen-bond acceptors (Lipinski definition) is 5. The SMILES string of the molecule is CCCOc1ccc(-c2ccc(NS(=O)(=O)c3c(C)cc(C)cc3C)cc2)nn1. The lowest BCUT2D eigenvalue weighted by molar-refractivity contribution is 0.302. The summed E-state index contributed by atoms with van der Waals surface area (Å²) in [6.45, 7) is 8.20. The summed E-state index contributed by atoms with van der Waals surface area (Å²) < 4.78 is 33.9. The second kappa shape index (κ2) is 8.61. The number of nitrogens with one attached hydrogen (secondary N) is 1. The summed E-state index contributed by atoms with van der Waals surface area (Å²) in [4.78, 5) is 0.320. The molecule has 0 amide bonds. The van der Waals surface area contributed by atoms with Crippen molar-refractivity contribution in [1.82, 2.24) is 10.2 Å². The van der Waals surface area contributed by atoms with Crippen molar-refractivity contribution >= 4 is 15.7 Å². The fourth-order valence-corrected chi connectivity index (χ4v) is 4.78. The molecule has 0 aliphatic heterocycles. The molecule has 1 N–H and O–H groups in total. The van der Waals surface area contributed by atoms with Gasteiger partial charge in [-0.25, -0.2) is 8.42 Å². The highest BCUT2D eigenvalue weighted by Crippen LogP contribution is 2.26. The molecule has 0 aliphatic rings. The van der Waals surface area contributed by atoms with E-state index in [1.807, 2.05) is 58.0 Å². The van der Waals surface area contributed by atoms with E-state index in [1.165, 1.54) is 0 Å². The van der Waals surface area contributed by atoms with Crippen LogP contribution in [0.15, 0.2) is 53.4 Å². The maximum atomic E-state index is 12.9. The van der Waals surface area contributed by atoms with E-state index in [0.29, 0.717) is 28.8 Å². The Hall–Kier alpha value is -2.93. The van der Waals surface area contributed by atoms with Crippen LogP contribution in [0.4, 0.5) is 5.69 Å². The number of anilines is 1. The molecule has 3 aromatic rings. The molecular weight excluding hydrogens is 386 g/mol. The number of sulfonamides is 1. The summed E-state index contributed by atoms with van der Waals surface area (Å²) in [6.07, 6.45) is 0.905. The topological polar surface area (TPSA) is 81.2 Å². The quantitative estimate of drug-likeness (QED) is 0.612. The highest BCUT2D eigenvalue weighted by Gasteiger charge is 2.20. The van der Waals surface area contributed by atoms with Crippen molar-refractivity contribution in [3.05, 3.63) is 65.2 Å². The molecule has 3 rings (SSSR count). The Morgan fingerprint density at radius 2 is 1.59 bits per heavy atom. The van der Waals surface area contributed by atoms with Gasteiger partial charge in [-0.15, -0.1) is 10.2 Å². The summed E-state index contributed by atoms with van der Waals surface area (Å²) >= 11 is 0. The zero-order chi connectivity index (χ0) is 21.0. The third kappa shape index (κ3) is 4.92. The molecule has 0 radical (unpaired) electrons. The minimum absolute atomic E-state index is 0.320. The van der Waals surface area contributed by atoms with E-state index in [2.05, 4.69) is 14.9 Å². The van der Waals surface area contributed by atoms with Crippen molar-refractivity contribution in [2.24, 2.45) is 0 Å². The van der Waals surface area contributed by atoms with Crippen molar-refractivity contribution in [3.8, 4) is 17.1 Å². The monoisotopic (exact) mass is 411 g/mol. The number of benzene rings is 2. The summed E-state index contributed by atoms with van der Waals surface area (Å²) in [5.74, 6) is 0.490. The van der Waals surface area contributed by atoms with Crippen LogP contribution in [0.25, 0.3) is 11.3 Å². The molecule has 0 bridgehead atoms. The Morgan fingerprint density at radius 3 is 2.14 bits per heavy atom. The van der Waals surface area contributed by atoms with Crippen LogP contribution in [0.3, 0.4) is 0 Å². The van der Waals surface area contributed by atoms with Gasteiger partial charge in [-0.1, -0.05) is 36.8 Å². The molecule has 29 heavy (non-hydrogen) atoms. The van der Waals surface area contributed by atoms with Gasteiger partial charge >= 0.3 is 0 Å². The second-order valence-corrected chi connectivity index (χ2v) is 8.64. The van der Waals surface area contributed by atoms with E-state index in [1.54, 1.807) is 18.2 Å². The molecule has 0 saturated heterocycles. The lowest BCUT2D eigenvalue weighted by Gasteiger charge is -2.14. The highest BCUT2D eigenvalue weighted by molar-refractivity contribution is 7.92. The average molecular weight is 412 g/mol. The molecule has 0 unspecified atom stereocenters. The van der Waals surface area contributed by atoms with Gasteiger partial charge < -0.3 is 4.74 Å². The Kier molecular flexibility index (Phi) is 6.17. The molecule has 7 heteroatoms. The predicted molar refractivity (Wildman–Crippen MR) is 115 cm³/mol. The molecule has 6 nitrogen and oxygen atoms in total. The number of aromatic nitrogens is 2. The first-order valence-electron chi connectivity index (χ1n) is 9.48. The van der Waals surface area contributed by atoms with E-state index in [4.69, 9.17) is 4.74 Å². The van der Waals surface area contributed by atoms with E-state index < -0.39 is 10.0 Å². The van der Waals surface area contributed by atoms with Gasteiger partial charge in [0.1, 0.15) is 0 Å². The lowest BCUT2D eigenvalue weighted by Crippen LogP contribution is -2.15. The van der Waals surface area contributed by atoms with Crippen LogP contribution in [0.5, 0.6) is 5.88 Å². The van der Waals surface area contributed by atoms with E-state index in [0.717, 1.165) is 28.7 Å². The van der Waals surface area contributed by atoms with Gasteiger partial charge in [0.25, 0.3) is 10.0 Å². The van der Waals surface area contributed by atoms with Crippen molar-refractivity contribution in [2.75, 3.05) is 11.3 Å². The van der Waals surface area contributed by atoms with Crippen LogP contribution in [0, 0.1) is 20.8 Å². The van der Waals surface area contributed by atoms with Crippen LogP contribution < -0.4 is 9.46 Å². The van der Waals surface area contributed by atoms with Crippen molar-refractivity contribution in [2.45, 2.75) is 39.0 Å². The van der Waals surface area contributed by atoms with Crippen LogP contribution in [0.1, 0.15) is 30.0 Å². The van der Waals surface area contributed by atoms with Gasteiger partial charge in [0.05, 0.1) is 17.2 Å². The van der Waals surface area contributed by atoms with Crippen molar-refractivity contribution in [3.63, 3.8) is 0 Å². The van der Waals surface area contributed by atoms with Crippen LogP contribution >= 0.6 is 0 Å². The summed E-state index contributed by atoms with van der Waals surface area (Å²) in [6, 6.07) is 14.4. The zero-order valence-corrected chi connectivity index (χ0v) is 17.9. The maximum Gasteiger partial charge on any atom is 0.262 e. The normalized spacial score (nSPS) is 11.3. The lowest BCUT2D eigenvalue weighted by atomic mass is 10.1. The fraction of sp³-hybridized carbons (Fsp3) is 0.273. The van der Waals surface area contributed by atoms with E-state index in [-0.39, 0.29) is 0 Å². The van der Waals surface area contributed by atoms with Crippen LogP contribution in [-0.4, -0.2) is 25.2 Å². The van der Waals surface area contributed by atoms with Crippen molar-refractivity contribution in [1.29, 1.82) is 0 Å². The largest absolute Gasteiger partial charge is 0.477 e. The highest BCUT2D eigenvalue weighted by atomic mass is 32.2. The summed E-state index contributed by atoms with van der Waals surface area (Å²) in [5.41, 5.74) is 4.51. The molecule has 0 fully saturated rings. The molecule has 152 valence electrons. The molecule has 0 spiro atoms. The molecular formula is C22H25N3O3S. The molecule has 0 atom stereocenters. The third-order valence-electron chi connectivity index (χ3n) is 4.40. The van der Waals surface area contributed by atoms with Gasteiger partial charge in [-0.3, -0.25) is 4.72 Å². The van der Waals surface area contributed by atoms with Gasteiger partial charge in [0.15, 0.2) is 0 Å². The average Bonchev–Trinajstić information content (AvgIpc) is 2.66. The zero-order valence-electron chi connectivity index (χ0n) is 17.1. The second-order valence-electron chi connectivity index (χ2n) is 7.02. The number of rotatable bonds is 7. The van der Waals surface area contributed by atoms with Gasteiger partial charge in [0.2, 0.25) is 5.88 Å². The number of hydrogen-bond donors (Lipinski definition) is 1. The Bertz CT molecular complexity index is 1070. The minimum atomic E-state index is -3.68. The third-order valence-corrected chi connectivity index (χ3v) is 6.09. The summed E-state index contributed by atoms with van der Waals surface area (Å²) in [7, 11) is -3.68. The molecule has 2 aromatic carbocycles. The smallest absolute Gasteiger partial charge is 0.262 e. The van der Waals surface area contributed by atoms with Gasteiger partial charge in [-0.05, 0) is 56.5 Å². The number of nitrogens with zero attached hydrogens (tertiary/aromatic N) is 2. The maximum absolute atomic E-state index is 12.9.